The highest BCUT2D eigenvalue weighted by atomic mass is 35.5. The van der Waals surface area contributed by atoms with Crippen molar-refractivity contribution in [2.75, 3.05) is 32.4 Å². The molecule has 2 rings (SSSR count). The fourth-order valence-corrected chi connectivity index (χ4v) is 3.59. The van der Waals surface area contributed by atoms with E-state index < -0.39 is 10.0 Å². The molecule has 5 nitrogen and oxygen atoms in total. The number of nitrogens with zero attached hydrogens (tertiary/aromatic N) is 2. The second kappa shape index (κ2) is 6.52. The summed E-state index contributed by atoms with van der Waals surface area (Å²) in [7, 11) is -3.19. The highest BCUT2D eigenvalue weighted by Gasteiger charge is 2.26. The third-order valence-corrected chi connectivity index (χ3v) is 5.46. The SMILES string of the molecule is CS(=O)(=O)N1CCN(C(=O)Cc2c(Cl)cccc2Cl)CC1. The number of rotatable bonds is 3. The molecule has 1 fully saturated rings. The molecule has 0 spiro atoms. The van der Waals surface area contributed by atoms with Crippen LogP contribution < -0.4 is 0 Å². The molecule has 1 aliphatic rings. The highest BCUT2D eigenvalue weighted by molar-refractivity contribution is 7.88. The summed E-state index contributed by atoms with van der Waals surface area (Å²) in [6.07, 6.45) is 1.30. The number of benzene rings is 1. The number of carbonyl (C=O) groups is 1. The molecule has 21 heavy (non-hydrogen) atoms. The van der Waals surface area contributed by atoms with E-state index in [-0.39, 0.29) is 12.3 Å². The van der Waals surface area contributed by atoms with Gasteiger partial charge in [0.15, 0.2) is 0 Å². The Morgan fingerprint density at radius 3 is 2.14 bits per heavy atom. The Morgan fingerprint density at radius 1 is 1.14 bits per heavy atom. The Kier molecular flexibility index (Phi) is 5.14. The lowest BCUT2D eigenvalue weighted by Crippen LogP contribution is -2.50. The number of hydrogen-bond acceptors (Lipinski definition) is 3. The lowest BCUT2D eigenvalue weighted by Gasteiger charge is -2.33. The summed E-state index contributed by atoms with van der Waals surface area (Å²) in [5, 5.41) is 0.927. The Hall–Kier alpha value is -0.820. The van der Waals surface area contributed by atoms with Crippen LogP contribution in [0.5, 0.6) is 0 Å². The van der Waals surface area contributed by atoms with Gasteiger partial charge in [-0.2, -0.15) is 4.31 Å². The van der Waals surface area contributed by atoms with Crippen molar-refractivity contribution in [3.8, 4) is 0 Å². The van der Waals surface area contributed by atoms with Gasteiger partial charge in [-0.15, -0.1) is 0 Å². The van der Waals surface area contributed by atoms with Crippen molar-refractivity contribution in [1.29, 1.82) is 0 Å². The van der Waals surface area contributed by atoms with E-state index in [0.717, 1.165) is 0 Å². The monoisotopic (exact) mass is 350 g/mol. The maximum absolute atomic E-state index is 12.3. The molecule has 116 valence electrons. The van der Waals surface area contributed by atoms with Gasteiger partial charge in [0, 0.05) is 36.2 Å². The van der Waals surface area contributed by atoms with E-state index in [1.54, 1.807) is 23.1 Å². The van der Waals surface area contributed by atoms with Crippen LogP contribution in [0.25, 0.3) is 0 Å². The number of halogens is 2. The molecule has 0 atom stereocenters. The topological polar surface area (TPSA) is 57.7 Å². The molecule has 0 aromatic heterocycles. The first-order valence-electron chi connectivity index (χ1n) is 6.45. The molecule has 0 N–H and O–H groups in total. The van der Waals surface area contributed by atoms with Gasteiger partial charge in [0.05, 0.1) is 12.7 Å². The quantitative estimate of drug-likeness (QED) is 0.832. The van der Waals surface area contributed by atoms with Gasteiger partial charge in [-0.1, -0.05) is 29.3 Å². The van der Waals surface area contributed by atoms with Gasteiger partial charge >= 0.3 is 0 Å². The van der Waals surface area contributed by atoms with E-state index in [0.29, 0.717) is 41.8 Å². The molecule has 1 amide bonds. The maximum atomic E-state index is 12.3. The smallest absolute Gasteiger partial charge is 0.227 e. The molecule has 0 unspecified atom stereocenters. The third kappa shape index (κ3) is 4.10. The van der Waals surface area contributed by atoms with Crippen molar-refractivity contribution in [1.82, 2.24) is 9.21 Å². The van der Waals surface area contributed by atoms with Gasteiger partial charge in [0.25, 0.3) is 0 Å². The molecule has 1 aromatic rings. The highest BCUT2D eigenvalue weighted by Crippen LogP contribution is 2.25. The van der Waals surface area contributed by atoms with Crippen LogP contribution in [0, 0.1) is 0 Å². The van der Waals surface area contributed by atoms with Crippen LogP contribution in [0.1, 0.15) is 5.56 Å². The minimum atomic E-state index is -3.19. The second-order valence-corrected chi connectivity index (χ2v) is 7.72. The van der Waals surface area contributed by atoms with Gasteiger partial charge in [-0.3, -0.25) is 4.79 Å². The zero-order chi connectivity index (χ0) is 15.6. The van der Waals surface area contributed by atoms with Gasteiger partial charge < -0.3 is 4.90 Å². The van der Waals surface area contributed by atoms with Crippen LogP contribution in [0.3, 0.4) is 0 Å². The van der Waals surface area contributed by atoms with E-state index in [4.69, 9.17) is 23.2 Å². The first-order chi connectivity index (χ1) is 9.79. The molecule has 1 saturated heterocycles. The van der Waals surface area contributed by atoms with Crippen molar-refractivity contribution in [2.24, 2.45) is 0 Å². The fourth-order valence-electron chi connectivity index (χ4n) is 2.23. The Morgan fingerprint density at radius 2 is 1.67 bits per heavy atom. The lowest BCUT2D eigenvalue weighted by molar-refractivity contribution is -0.131. The van der Waals surface area contributed by atoms with Gasteiger partial charge in [0.1, 0.15) is 0 Å². The molecule has 0 radical (unpaired) electrons. The summed E-state index contributed by atoms with van der Waals surface area (Å²) in [6, 6.07) is 5.11. The van der Waals surface area contributed by atoms with Gasteiger partial charge in [-0.05, 0) is 17.7 Å². The van der Waals surface area contributed by atoms with Crippen LogP contribution in [0.15, 0.2) is 18.2 Å². The molecular weight excluding hydrogens is 335 g/mol. The summed E-state index contributed by atoms with van der Waals surface area (Å²) >= 11 is 12.1. The van der Waals surface area contributed by atoms with Crippen LogP contribution >= 0.6 is 23.2 Å². The molecule has 0 aliphatic carbocycles. The van der Waals surface area contributed by atoms with Crippen LogP contribution in [-0.4, -0.2) is 56.0 Å². The summed E-state index contributed by atoms with van der Waals surface area (Å²) < 4.78 is 24.2. The normalized spacial score (nSPS) is 17.0. The van der Waals surface area contributed by atoms with Crippen LogP contribution in [0.2, 0.25) is 10.0 Å². The van der Waals surface area contributed by atoms with Crippen LogP contribution in [-0.2, 0) is 21.2 Å². The van der Waals surface area contributed by atoms with Crippen molar-refractivity contribution in [3.63, 3.8) is 0 Å². The predicted octanol–water partition coefficient (Wildman–Crippen LogP) is 1.64. The minimum Gasteiger partial charge on any atom is -0.340 e. The zero-order valence-electron chi connectivity index (χ0n) is 11.6. The van der Waals surface area contributed by atoms with Crippen molar-refractivity contribution >= 4 is 39.1 Å². The first-order valence-corrected chi connectivity index (χ1v) is 9.05. The predicted molar refractivity (Wildman–Crippen MR) is 83.2 cm³/mol. The standard InChI is InChI=1S/C13H16Cl2N2O3S/c1-21(19,20)17-7-5-16(6-8-17)13(18)9-10-11(14)3-2-4-12(10)15/h2-4H,5-9H2,1H3. The molecule has 8 heteroatoms. The number of piperazine rings is 1. The zero-order valence-corrected chi connectivity index (χ0v) is 13.9. The fraction of sp³-hybridized carbons (Fsp3) is 0.462. The molecule has 0 saturated carbocycles. The number of carbonyl (C=O) groups excluding carboxylic acids is 1. The molecule has 1 aliphatic heterocycles. The number of amides is 1. The van der Waals surface area contributed by atoms with Gasteiger partial charge in [-0.25, -0.2) is 8.42 Å². The Bertz CT molecular complexity index is 621. The minimum absolute atomic E-state index is 0.0989. The Balaban J connectivity index is 2.00. The van der Waals surface area contributed by atoms with Crippen molar-refractivity contribution in [2.45, 2.75) is 6.42 Å². The summed E-state index contributed by atoms with van der Waals surface area (Å²) in [5.41, 5.74) is 0.608. The van der Waals surface area contributed by atoms with Crippen molar-refractivity contribution in [3.05, 3.63) is 33.8 Å². The largest absolute Gasteiger partial charge is 0.340 e. The third-order valence-electron chi connectivity index (χ3n) is 3.45. The van der Waals surface area contributed by atoms with E-state index in [1.807, 2.05) is 0 Å². The lowest BCUT2D eigenvalue weighted by atomic mass is 10.1. The maximum Gasteiger partial charge on any atom is 0.227 e. The Labute approximate surface area is 134 Å². The van der Waals surface area contributed by atoms with Crippen LogP contribution in [0.4, 0.5) is 0 Å². The molecule has 1 aromatic carbocycles. The summed E-state index contributed by atoms with van der Waals surface area (Å²) in [6.45, 7) is 1.41. The average Bonchev–Trinajstić information content (AvgIpc) is 2.42. The summed E-state index contributed by atoms with van der Waals surface area (Å²) in [5.74, 6) is -0.0989. The van der Waals surface area contributed by atoms with Crippen molar-refractivity contribution < 1.29 is 13.2 Å². The first kappa shape index (κ1) is 16.5. The van der Waals surface area contributed by atoms with E-state index in [2.05, 4.69) is 0 Å². The molecule has 0 bridgehead atoms. The average molecular weight is 351 g/mol. The van der Waals surface area contributed by atoms with E-state index in [9.17, 15) is 13.2 Å². The molecule has 1 heterocycles. The van der Waals surface area contributed by atoms with E-state index in [1.165, 1.54) is 10.6 Å². The number of hydrogen-bond donors (Lipinski definition) is 0. The van der Waals surface area contributed by atoms with E-state index >= 15 is 0 Å². The summed E-state index contributed by atoms with van der Waals surface area (Å²) in [4.78, 5) is 13.9. The second-order valence-electron chi connectivity index (χ2n) is 4.92. The molecular formula is C13H16Cl2N2O3S. The van der Waals surface area contributed by atoms with Gasteiger partial charge in [0.2, 0.25) is 15.9 Å². The number of sulfonamides is 1.